The van der Waals surface area contributed by atoms with Crippen LogP contribution in [-0.4, -0.2) is 18.5 Å². The molecule has 2 aliphatic rings. The SMILES string of the molecule is CC1CCCC(NC(=O)c2ccc3c(c2)CCN3)C1.Cl. The van der Waals surface area contributed by atoms with E-state index in [1.165, 1.54) is 24.1 Å². The summed E-state index contributed by atoms with van der Waals surface area (Å²) in [5.41, 5.74) is 3.26. The van der Waals surface area contributed by atoms with E-state index in [2.05, 4.69) is 17.6 Å². The number of fused-ring (bicyclic) bond motifs is 1. The Morgan fingerprint density at radius 2 is 2.20 bits per heavy atom. The maximum absolute atomic E-state index is 12.3. The van der Waals surface area contributed by atoms with E-state index in [1.54, 1.807) is 0 Å². The number of amides is 1. The minimum absolute atomic E-state index is 0. The Hall–Kier alpha value is -1.22. The van der Waals surface area contributed by atoms with Gasteiger partial charge in [0.1, 0.15) is 0 Å². The first-order valence-electron chi connectivity index (χ1n) is 7.40. The number of benzene rings is 1. The molecule has 1 heterocycles. The van der Waals surface area contributed by atoms with Gasteiger partial charge in [-0.2, -0.15) is 0 Å². The maximum atomic E-state index is 12.3. The Bertz CT molecular complexity index is 489. The van der Waals surface area contributed by atoms with Gasteiger partial charge in [-0.05, 0) is 48.9 Å². The van der Waals surface area contributed by atoms with Crippen LogP contribution in [0.5, 0.6) is 0 Å². The summed E-state index contributed by atoms with van der Waals surface area (Å²) < 4.78 is 0. The average Bonchev–Trinajstić information content (AvgIpc) is 2.85. The lowest BCUT2D eigenvalue weighted by molar-refractivity contribution is 0.0921. The molecule has 1 aromatic rings. The molecule has 0 saturated heterocycles. The van der Waals surface area contributed by atoms with Crippen LogP contribution in [-0.2, 0) is 6.42 Å². The van der Waals surface area contributed by atoms with Gasteiger partial charge < -0.3 is 10.6 Å². The van der Waals surface area contributed by atoms with E-state index >= 15 is 0 Å². The zero-order chi connectivity index (χ0) is 13.2. The summed E-state index contributed by atoms with van der Waals surface area (Å²) in [5, 5.41) is 6.52. The molecule has 1 aromatic carbocycles. The quantitative estimate of drug-likeness (QED) is 0.878. The second-order valence-corrected chi connectivity index (χ2v) is 5.99. The van der Waals surface area contributed by atoms with Gasteiger partial charge in [-0.25, -0.2) is 0 Å². The third-order valence-electron chi connectivity index (χ3n) is 4.35. The van der Waals surface area contributed by atoms with Crippen LogP contribution in [0.25, 0.3) is 0 Å². The average molecular weight is 295 g/mol. The van der Waals surface area contributed by atoms with Crippen molar-refractivity contribution >= 4 is 24.0 Å². The highest BCUT2D eigenvalue weighted by atomic mass is 35.5. The number of carbonyl (C=O) groups is 1. The Morgan fingerprint density at radius 1 is 1.35 bits per heavy atom. The number of hydrogen-bond donors (Lipinski definition) is 2. The van der Waals surface area contributed by atoms with Gasteiger partial charge in [0, 0.05) is 23.8 Å². The van der Waals surface area contributed by atoms with Crippen LogP contribution in [0.3, 0.4) is 0 Å². The van der Waals surface area contributed by atoms with Crippen molar-refractivity contribution in [2.24, 2.45) is 5.92 Å². The lowest BCUT2D eigenvalue weighted by Gasteiger charge is -2.27. The molecule has 1 amide bonds. The van der Waals surface area contributed by atoms with Gasteiger partial charge in [0.25, 0.3) is 5.91 Å². The fraction of sp³-hybridized carbons (Fsp3) is 0.562. The van der Waals surface area contributed by atoms with E-state index < -0.39 is 0 Å². The largest absolute Gasteiger partial charge is 0.384 e. The second kappa shape index (κ2) is 6.49. The van der Waals surface area contributed by atoms with E-state index in [0.717, 1.165) is 37.3 Å². The number of hydrogen-bond acceptors (Lipinski definition) is 2. The monoisotopic (exact) mass is 294 g/mol. The fourth-order valence-electron chi connectivity index (χ4n) is 3.28. The summed E-state index contributed by atoms with van der Waals surface area (Å²) in [4.78, 5) is 12.3. The number of anilines is 1. The van der Waals surface area contributed by atoms with Crippen LogP contribution in [0.4, 0.5) is 5.69 Å². The van der Waals surface area contributed by atoms with Crippen LogP contribution in [0.1, 0.15) is 48.5 Å². The molecule has 0 radical (unpaired) electrons. The lowest BCUT2D eigenvalue weighted by Crippen LogP contribution is -2.37. The van der Waals surface area contributed by atoms with Gasteiger partial charge in [0.15, 0.2) is 0 Å². The fourth-order valence-corrected chi connectivity index (χ4v) is 3.28. The van der Waals surface area contributed by atoms with Crippen LogP contribution in [0.2, 0.25) is 0 Å². The van der Waals surface area contributed by atoms with Crippen molar-refractivity contribution in [1.82, 2.24) is 5.32 Å². The second-order valence-electron chi connectivity index (χ2n) is 5.99. The van der Waals surface area contributed by atoms with Crippen molar-refractivity contribution in [2.75, 3.05) is 11.9 Å². The van der Waals surface area contributed by atoms with Crippen molar-refractivity contribution < 1.29 is 4.79 Å². The minimum Gasteiger partial charge on any atom is -0.384 e. The third kappa shape index (κ3) is 3.26. The molecule has 2 unspecified atom stereocenters. The molecule has 0 bridgehead atoms. The van der Waals surface area contributed by atoms with E-state index in [0.29, 0.717) is 6.04 Å². The van der Waals surface area contributed by atoms with Crippen LogP contribution < -0.4 is 10.6 Å². The molecule has 1 saturated carbocycles. The van der Waals surface area contributed by atoms with Crippen molar-refractivity contribution in [3.63, 3.8) is 0 Å². The molecule has 20 heavy (non-hydrogen) atoms. The Morgan fingerprint density at radius 3 is 3.00 bits per heavy atom. The summed E-state index contributed by atoms with van der Waals surface area (Å²) in [6, 6.07) is 6.36. The standard InChI is InChI=1S/C16H22N2O.ClH/c1-11-3-2-4-14(9-11)18-16(19)13-5-6-15-12(10-13)7-8-17-15;/h5-6,10-11,14,17H,2-4,7-9H2,1H3,(H,18,19);1H. The van der Waals surface area contributed by atoms with Crippen LogP contribution in [0.15, 0.2) is 18.2 Å². The molecule has 2 N–H and O–H groups in total. The molecule has 4 heteroatoms. The normalized spacial score (nSPS) is 24.2. The van der Waals surface area contributed by atoms with Crippen molar-refractivity contribution in [3.05, 3.63) is 29.3 Å². The van der Waals surface area contributed by atoms with Gasteiger partial charge in [-0.3, -0.25) is 4.79 Å². The predicted molar refractivity (Wildman–Crippen MR) is 84.8 cm³/mol. The predicted octanol–water partition coefficient (Wildman–Crippen LogP) is 3.38. The lowest BCUT2D eigenvalue weighted by atomic mass is 9.87. The van der Waals surface area contributed by atoms with Crippen LogP contribution in [0, 0.1) is 5.92 Å². The highest BCUT2D eigenvalue weighted by Crippen LogP contribution is 2.25. The summed E-state index contributed by atoms with van der Waals surface area (Å²) in [6.07, 6.45) is 5.81. The summed E-state index contributed by atoms with van der Waals surface area (Å²) in [6.45, 7) is 3.26. The highest BCUT2D eigenvalue weighted by Gasteiger charge is 2.21. The molecule has 1 aliphatic carbocycles. The smallest absolute Gasteiger partial charge is 0.251 e. The van der Waals surface area contributed by atoms with Crippen LogP contribution >= 0.6 is 12.4 Å². The van der Waals surface area contributed by atoms with E-state index in [1.807, 2.05) is 18.2 Å². The van der Waals surface area contributed by atoms with Gasteiger partial charge in [-0.1, -0.05) is 19.8 Å². The minimum atomic E-state index is 0. The first-order valence-corrected chi connectivity index (χ1v) is 7.40. The summed E-state index contributed by atoms with van der Waals surface area (Å²) >= 11 is 0. The molecular weight excluding hydrogens is 272 g/mol. The zero-order valence-corrected chi connectivity index (χ0v) is 12.8. The van der Waals surface area contributed by atoms with Gasteiger partial charge in [0.2, 0.25) is 0 Å². The molecule has 0 aromatic heterocycles. The zero-order valence-electron chi connectivity index (χ0n) is 11.9. The molecule has 1 aliphatic heterocycles. The summed E-state index contributed by atoms with van der Waals surface area (Å²) in [7, 11) is 0. The van der Waals surface area contributed by atoms with E-state index in [9.17, 15) is 4.79 Å². The Labute approximate surface area is 126 Å². The molecule has 3 rings (SSSR count). The third-order valence-corrected chi connectivity index (χ3v) is 4.35. The Kier molecular flexibility index (Phi) is 4.92. The van der Waals surface area contributed by atoms with E-state index in [-0.39, 0.29) is 18.3 Å². The van der Waals surface area contributed by atoms with Gasteiger partial charge in [0.05, 0.1) is 0 Å². The molecule has 0 spiro atoms. The highest BCUT2D eigenvalue weighted by molar-refractivity contribution is 5.95. The first-order chi connectivity index (χ1) is 9.22. The van der Waals surface area contributed by atoms with Crippen molar-refractivity contribution in [2.45, 2.75) is 45.1 Å². The number of rotatable bonds is 2. The van der Waals surface area contributed by atoms with E-state index in [4.69, 9.17) is 0 Å². The number of halogens is 1. The summed E-state index contributed by atoms with van der Waals surface area (Å²) in [5.74, 6) is 0.831. The first kappa shape index (κ1) is 15.2. The molecule has 110 valence electrons. The molecule has 2 atom stereocenters. The maximum Gasteiger partial charge on any atom is 0.251 e. The number of carbonyl (C=O) groups excluding carboxylic acids is 1. The van der Waals surface area contributed by atoms with Crippen molar-refractivity contribution in [3.8, 4) is 0 Å². The van der Waals surface area contributed by atoms with Gasteiger partial charge >= 0.3 is 0 Å². The Balaban J connectivity index is 0.00000147. The van der Waals surface area contributed by atoms with Gasteiger partial charge in [-0.15, -0.1) is 12.4 Å². The molecule has 1 fully saturated rings. The number of nitrogens with one attached hydrogen (secondary N) is 2. The molecule has 3 nitrogen and oxygen atoms in total. The van der Waals surface area contributed by atoms with Crippen molar-refractivity contribution in [1.29, 1.82) is 0 Å². The topological polar surface area (TPSA) is 41.1 Å². The molecular formula is C16H23ClN2O.